The molecule has 1 aliphatic heterocycles. The van der Waals surface area contributed by atoms with Gasteiger partial charge in [-0.15, -0.1) is 0 Å². The summed E-state index contributed by atoms with van der Waals surface area (Å²) in [5.41, 5.74) is 8.23. The highest BCUT2D eigenvalue weighted by molar-refractivity contribution is 7.99. The van der Waals surface area contributed by atoms with E-state index >= 15 is 0 Å². The molecule has 1 aliphatic rings. The lowest BCUT2D eigenvalue weighted by atomic mass is 9.90. The van der Waals surface area contributed by atoms with Gasteiger partial charge < -0.3 is 9.84 Å². The number of nitrogens with zero attached hydrogens (tertiary/aromatic N) is 3. The zero-order valence-electron chi connectivity index (χ0n) is 13.2. The van der Waals surface area contributed by atoms with Gasteiger partial charge in [-0.05, 0) is 23.6 Å². The van der Waals surface area contributed by atoms with Crippen molar-refractivity contribution < 1.29 is 22.4 Å². The number of hydrogen-bond donors (Lipinski definition) is 1. The van der Waals surface area contributed by atoms with Crippen LogP contribution in [0.1, 0.15) is 6.92 Å². The first-order chi connectivity index (χ1) is 11.3. The molecule has 0 radical (unpaired) electrons. The molecule has 2 unspecified atom stereocenters. The summed E-state index contributed by atoms with van der Waals surface area (Å²) in [6, 6.07) is 8.81. The number of azide groups is 1. The lowest BCUT2D eigenvalue weighted by Crippen LogP contribution is -2.52. The Kier molecular flexibility index (Phi) is 6.50. The summed E-state index contributed by atoms with van der Waals surface area (Å²) < 4.78 is 32.9. The fourth-order valence-electron chi connectivity index (χ4n) is 2.40. The summed E-state index contributed by atoms with van der Waals surface area (Å²) in [4.78, 5) is 3.75. The molecule has 0 aromatic heterocycles. The van der Waals surface area contributed by atoms with Crippen LogP contribution in [0.25, 0.3) is 10.4 Å². The highest BCUT2D eigenvalue weighted by Crippen LogP contribution is 2.37. The normalized spacial score (nSPS) is 30.5. The predicted molar refractivity (Wildman–Crippen MR) is 89.9 cm³/mol. The average Bonchev–Trinajstić information content (AvgIpc) is 2.53. The topological polar surface area (TPSA) is 122 Å². The Morgan fingerprint density at radius 3 is 2.67 bits per heavy atom. The van der Waals surface area contributed by atoms with E-state index in [1.165, 1.54) is 11.8 Å². The maximum absolute atomic E-state index is 11.2. The number of aliphatic hydroxyl groups is 1. The van der Waals surface area contributed by atoms with Crippen molar-refractivity contribution in [2.75, 3.05) is 12.9 Å². The van der Waals surface area contributed by atoms with Crippen LogP contribution < -0.4 is 0 Å². The van der Waals surface area contributed by atoms with E-state index in [9.17, 15) is 13.5 Å². The van der Waals surface area contributed by atoms with E-state index in [-0.39, 0.29) is 6.61 Å². The second kappa shape index (κ2) is 8.19. The third-order valence-corrected chi connectivity index (χ3v) is 5.40. The quantitative estimate of drug-likeness (QED) is 0.353. The average molecular weight is 373 g/mol. The van der Waals surface area contributed by atoms with Gasteiger partial charge in [0.1, 0.15) is 11.5 Å². The Bertz CT molecular complexity index is 694. The van der Waals surface area contributed by atoms with E-state index in [1.807, 2.05) is 30.3 Å². The molecule has 1 fully saturated rings. The number of aliphatic hydroxyl groups excluding tert-OH is 1. The summed E-state index contributed by atoms with van der Waals surface area (Å²) in [6.07, 6.45) is -0.902. The monoisotopic (exact) mass is 373 g/mol. The second-order valence-electron chi connectivity index (χ2n) is 5.51. The first-order valence-corrected chi connectivity index (χ1v) is 9.95. The van der Waals surface area contributed by atoms with Crippen LogP contribution in [-0.4, -0.2) is 50.1 Å². The standard InChI is InChI=1S/C14H19N3O5S2/c1-9-12(16-17-15)14(23-10-6-4-3-5-7-10)22-11(13(9)18)8-21-24(2,19)20/h3-7,9,11-14,18H,8H2,1-2H3/t9?,11?,12-,13-,14+/m1/s1. The molecule has 1 N–H and O–H groups in total. The first kappa shape index (κ1) is 19.0. The molecule has 0 bridgehead atoms. The van der Waals surface area contributed by atoms with E-state index in [4.69, 9.17) is 14.5 Å². The molecular formula is C14H19N3O5S2. The number of hydrogen-bond acceptors (Lipinski definition) is 7. The third-order valence-electron chi connectivity index (χ3n) is 3.67. The Labute approximate surface area is 144 Å². The molecular weight excluding hydrogens is 354 g/mol. The summed E-state index contributed by atoms with van der Waals surface area (Å²) in [7, 11) is -3.64. The summed E-state index contributed by atoms with van der Waals surface area (Å²) in [6.45, 7) is 1.44. The van der Waals surface area contributed by atoms with E-state index in [0.29, 0.717) is 0 Å². The molecule has 1 aromatic carbocycles. The van der Waals surface area contributed by atoms with Crippen molar-refractivity contribution in [3.8, 4) is 0 Å². The van der Waals surface area contributed by atoms with Gasteiger partial charge >= 0.3 is 0 Å². The van der Waals surface area contributed by atoms with Gasteiger partial charge in [0.05, 0.1) is 25.0 Å². The van der Waals surface area contributed by atoms with Gasteiger partial charge in [-0.1, -0.05) is 42.0 Å². The molecule has 0 aliphatic carbocycles. The minimum absolute atomic E-state index is 0.292. The van der Waals surface area contributed by atoms with Gasteiger partial charge in [-0.2, -0.15) is 8.42 Å². The Hall–Kier alpha value is -1.29. The van der Waals surface area contributed by atoms with Gasteiger partial charge in [0.2, 0.25) is 0 Å². The summed E-state index contributed by atoms with van der Waals surface area (Å²) >= 11 is 1.35. The molecule has 1 heterocycles. The highest BCUT2D eigenvalue weighted by atomic mass is 32.2. The molecule has 10 heteroatoms. The summed E-state index contributed by atoms with van der Waals surface area (Å²) in [5.74, 6) is -0.413. The van der Waals surface area contributed by atoms with Gasteiger partial charge in [-0.25, -0.2) is 0 Å². The lowest BCUT2D eigenvalue weighted by Gasteiger charge is -2.41. The van der Waals surface area contributed by atoms with Gasteiger partial charge in [0, 0.05) is 9.81 Å². The van der Waals surface area contributed by atoms with Gasteiger partial charge in [-0.3, -0.25) is 4.18 Å². The molecule has 1 aromatic rings. The second-order valence-corrected chi connectivity index (χ2v) is 8.32. The zero-order chi connectivity index (χ0) is 17.7. The predicted octanol–water partition coefficient (Wildman–Crippen LogP) is 2.16. The van der Waals surface area contributed by atoms with Crippen LogP contribution in [0.5, 0.6) is 0 Å². The zero-order valence-corrected chi connectivity index (χ0v) is 14.9. The van der Waals surface area contributed by atoms with Crippen LogP contribution in [0.4, 0.5) is 0 Å². The number of ether oxygens (including phenoxy) is 1. The van der Waals surface area contributed by atoms with Crippen LogP contribution in [0.15, 0.2) is 40.3 Å². The Morgan fingerprint density at radius 2 is 2.08 bits per heavy atom. The van der Waals surface area contributed by atoms with E-state index in [0.717, 1.165) is 11.2 Å². The Balaban J connectivity index is 2.18. The maximum atomic E-state index is 11.2. The fourth-order valence-corrected chi connectivity index (χ4v) is 4.00. The Morgan fingerprint density at radius 1 is 1.42 bits per heavy atom. The van der Waals surface area contributed by atoms with Gasteiger partial charge in [0.25, 0.3) is 10.1 Å². The highest BCUT2D eigenvalue weighted by Gasteiger charge is 2.43. The van der Waals surface area contributed by atoms with Gasteiger partial charge in [0.15, 0.2) is 0 Å². The van der Waals surface area contributed by atoms with Crippen LogP contribution in [0.2, 0.25) is 0 Å². The number of benzene rings is 1. The van der Waals surface area contributed by atoms with Crippen molar-refractivity contribution in [2.45, 2.75) is 35.5 Å². The van der Waals surface area contributed by atoms with Crippen LogP contribution >= 0.6 is 11.8 Å². The molecule has 132 valence electrons. The van der Waals surface area contributed by atoms with Crippen molar-refractivity contribution in [1.82, 2.24) is 0 Å². The summed E-state index contributed by atoms with van der Waals surface area (Å²) in [5, 5.41) is 14.1. The fraction of sp³-hybridized carbons (Fsp3) is 0.571. The third kappa shape index (κ3) is 5.10. The molecule has 1 saturated heterocycles. The van der Waals surface area contributed by atoms with Crippen molar-refractivity contribution in [2.24, 2.45) is 11.0 Å². The van der Waals surface area contributed by atoms with E-state index in [1.54, 1.807) is 6.92 Å². The number of rotatable bonds is 6. The van der Waals surface area contributed by atoms with Crippen molar-refractivity contribution in [3.63, 3.8) is 0 Å². The van der Waals surface area contributed by atoms with Crippen LogP contribution in [-0.2, 0) is 19.0 Å². The molecule has 5 atom stereocenters. The molecule has 0 saturated carbocycles. The van der Waals surface area contributed by atoms with E-state index < -0.39 is 39.7 Å². The largest absolute Gasteiger partial charge is 0.390 e. The lowest BCUT2D eigenvalue weighted by molar-refractivity contribution is -0.133. The first-order valence-electron chi connectivity index (χ1n) is 7.25. The van der Waals surface area contributed by atoms with Crippen LogP contribution in [0, 0.1) is 5.92 Å². The molecule has 0 spiro atoms. The SMILES string of the molecule is CC1[C@@H](O)C(COS(C)(=O)=O)O[C@@H](Sc2ccccc2)[C@@H]1N=[N+]=[N-]. The van der Waals surface area contributed by atoms with Crippen molar-refractivity contribution >= 4 is 21.9 Å². The molecule has 2 rings (SSSR count). The smallest absolute Gasteiger partial charge is 0.264 e. The van der Waals surface area contributed by atoms with Crippen molar-refractivity contribution in [1.29, 1.82) is 0 Å². The minimum Gasteiger partial charge on any atom is -0.390 e. The maximum Gasteiger partial charge on any atom is 0.264 e. The van der Waals surface area contributed by atoms with E-state index in [2.05, 4.69) is 10.0 Å². The molecule has 24 heavy (non-hydrogen) atoms. The molecule has 0 amide bonds. The number of thioether (sulfide) groups is 1. The minimum atomic E-state index is -3.64. The van der Waals surface area contributed by atoms with Crippen molar-refractivity contribution in [3.05, 3.63) is 40.8 Å². The molecule has 8 nitrogen and oxygen atoms in total. The van der Waals surface area contributed by atoms with Crippen LogP contribution in [0.3, 0.4) is 0 Å².